The van der Waals surface area contributed by atoms with Crippen LogP contribution >= 0.6 is 0 Å². The average molecular weight is 336 g/mol. The van der Waals surface area contributed by atoms with Gasteiger partial charge in [-0.15, -0.1) is 0 Å². The van der Waals surface area contributed by atoms with Gasteiger partial charge in [0.05, 0.1) is 19.0 Å². The summed E-state index contributed by atoms with van der Waals surface area (Å²) < 4.78 is 12.4. The van der Waals surface area contributed by atoms with Gasteiger partial charge in [-0.05, 0) is 30.2 Å². The Morgan fingerprint density at radius 2 is 1.80 bits per heavy atom. The smallest absolute Gasteiger partial charge is 0.344 e. The van der Waals surface area contributed by atoms with Gasteiger partial charge in [-0.25, -0.2) is 9.78 Å². The fourth-order valence-corrected chi connectivity index (χ4v) is 2.69. The van der Waals surface area contributed by atoms with Gasteiger partial charge in [-0.1, -0.05) is 42.5 Å². The van der Waals surface area contributed by atoms with Crippen molar-refractivity contribution in [2.24, 2.45) is 0 Å². The van der Waals surface area contributed by atoms with E-state index in [0.29, 0.717) is 12.4 Å². The number of carbonyl (C=O) groups is 1. The first-order chi connectivity index (χ1) is 12.3. The third kappa shape index (κ3) is 4.26. The van der Waals surface area contributed by atoms with E-state index in [1.54, 1.807) is 13.1 Å². The van der Waals surface area contributed by atoms with Gasteiger partial charge in [0.15, 0.2) is 6.61 Å². The molecule has 0 N–H and O–H groups in total. The highest BCUT2D eigenvalue weighted by Gasteiger charge is 2.15. The predicted molar refractivity (Wildman–Crippen MR) is 94.5 cm³/mol. The second-order valence-electron chi connectivity index (χ2n) is 5.49. The summed E-state index contributed by atoms with van der Waals surface area (Å²) in [4.78, 5) is 15.5. The van der Waals surface area contributed by atoms with Crippen LogP contribution in [0, 0.1) is 0 Å². The fourth-order valence-electron chi connectivity index (χ4n) is 2.69. The molecule has 0 aliphatic rings. The van der Waals surface area contributed by atoms with Crippen molar-refractivity contribution in [1.29, 1.82) is 0 Å². The highest BCUT2D eigenvalue weighted by Crippen LogP contribution is 2.27. The second-order valence-corrected chi connectivity index (χ2v) is 5.49. The number of nitrogens with zero attached hydrogens (tertiary/aromatic N) is 2. The van der Waals surface area contributed by atoms with Gasteiger partial charge in [-0.3, -0.25) is 0 Å². The van der Waals surface area contributed by atoms with Crippen LogP contribution in [0.1, 0.15) is 24.1 Å². The van der Waals surface area contributed by atoms with Crippen LogP contribution < -0.4 is 4.74 Å². The van der Waals surface area contributed by atoms with Gasteiger partial charge < -0.3 is 14.0 Å². The first kappa shape index (κ1) is 16.8. The van der Waals surface area contributed by atoms with Crippen LogP contribution in [0.2, 0.25) is 0 Å². The lowest BCUT2D eigenvalue weighted by molar-refractivity contribution is -0.145. The number of rotatable bonds is 7. The van der Waals surface area contributed by atoms with Gasteiger partial charge in [-0.2, -0.15) is 0 Å². The quantitative estimate of drug-likeness (QED) is 0.620. The Morgan fingerprint density at radius 3 is 2.44 bits per heavy atom. The standard InChI is InChI=1S/C20H20N2O3/c1-2-24-19(23)14-25-18-10-8-17(9-11-18)20(22-13-12-21-15-22)16-6-4-3-5-7-16/h3-13,15,20H,2,14H2,1H3. The summed E-state index contributed by atoms with van der Waals surface area (Å²) in [6.45, 7) is 2.04. The number of hydrogen-bond donors (Lipinski definition) is 0. The first-order valence-electron chi connectivity index (χ1n) is 8.18. The molecule has 2 aromatic carbocycles. The zero-order valence-corrected chi connectivity index (χ0v) is 14.0. The average Bonchev–Trinajstić information content (AvgIpc) is 3.17. The summed E-state index contributed by atoms with van der Waals surface area (Å²) in [5.74, 6) is 0.265. The molecule has 0 aliphatic carbocycles. The summed E-state index contributed by atoms with van der Waals surface area (Å²) in [5, 5.41) is 0. The first-order valence-corrected chi connectivity index (χ1v) is 8.18. The van der Waals surface area contributed by atoms with E-state index in [2.05, 4.69) is 21.7 Å². The van der Waals surface area contributed by atoms with Crippen molar-refractivity contribution in [3.8, 4) is 5.75 Å². The molecule has 0 radical (unpaired) electrons. The summed E-state index contributed by atoms with van der Waals surface area (Å²) in [6.07, 6.45) is 5.53. The van der Waals surface area contributed by atoms with E-state index in [1.807, 2.05) is 55.0 Å². The normalized spacial score (nSPS) is 11.7. The number of aromatic nitrogens is 2. The van der Waals surface area contributed by atoms with E-state index in [1.165, 1.54) is 5.56 Å². The van der Waals surface area contributed by atoms with Crippen molar-refractivity contribution in [3.63, 3.8) is 0 Å². The largest absolute Gasteiger partial charge is 0.482 e. The highest BCUT2D eigenvalue weighted by atomic mass is 16.6. The number of imidazole rings is 1. The number of ether oxygens (including phenoxy) is 2. The van der Waals surface area contributed by atoms with Gasteiger partial charge >= 0.3 is 5.97 Å². The van der Waals surface area contributed by atoms with Crippen molar-refractivity contribution in [2.45, 2.75) is 13.0 Å². The van der Waals surface area contributed by atoms with Crippen molar-refractivity contribution < 1.29 is 14.3 Å². The van der Waals surface area contributed by atoms with Crippen LogP contribution in [-0.2, 0) is 9.53 Å². The minimum Gasteiger partial charge on any atom is -0.482 e. The van der Waals surface area contributed by atoms with E-state index >= 15 is 0 Å². The maximum atomic E-state index is 11.4. The van der Waals surface area contributed by atoms with Crippen LogP contribution in [0.4, 0.5) is 0 Å². The van der Waals surface area contributed by atoms with E-state index < -0.39 is 0 Å². The Labute approximate surface area is 146 Å². The molecule has 1 atom stereocenters. The van der Waals surface area contributed by atoms with Gasteiger partial charge in [0.25, 0.3) is 0 Å². The van der Waals surface area contributed by atoms with Crippen LogP contribution in [0.25, 0.3) is 0 Å². The van der Waals surface area contributed by atoms with Gasteiger partial charge in [0.1, 0.15) is 5.75 Å². The Kier molecular flexibility index (Phi) is 5.46. The van der Waals surface area contributed by atoms with Crippen molar-refractivity contribution in [1.82, 2.24) is 9.55 Å². The minimum atomic E-state index is -0.368. The molecule has 0 fully saturated rings. The topological polar surface area (TPSA) is 53.4 Å². The molecule has 0 saturated heterocycles. The van der Waals surface area contributed by atoms with Gasteiger partial charge in [0, 0.05) is 12.4 Å². The van der Waals surface area contributed by atoms with Crippen molar-refractivity contribution in [2.75, 3.05) is 13.2 Å². The Morgan fingerprint density at radius 1 is 1.08 bits per heavy atom. The van der Waals surface area contributed by atoms with E-state index in [0.717, 1.165) is 5.56 Å². The summed E-state index contributed by atoms with van der Waals surface area (Å²) in [6, 6.07) is 18.0. The number of benzene rings is 2. The molecule has 0 amide bonds. The van der Waals surface area contributed by atoms with Crippen molar-refractivity contribution >= 4 is 5.97 Å². The molecule has 25 heavy (non-hydrogen) atoms. The fraction of sp³-hybridized carbons (Fsp3) is 0.200. The molecule has 3 aromatic rings. The molecule has 128 valence electrons. The molecule has 0 bridgehead atoms. The Bertz CT molecular complexity index is 784. The molecule has 1 unspecified atom stereocenters. The van der Waals surface area contributed by atoms with E-state index in [9.17, 15) is 4.79 Å². The molecular formula is C20H20N2O3. The highest BCUT2D eigenvalue weighted by molar-refractivity contribution is 5.71. The molecule has 5 nitrogen and oxygen atoms in total. The number of carbonyl (C=O) groups excluding carboxylic acids is 1. The summed E-state index contributed by atoms with van der Waals surface area (Å²) in [7, 11) is 0. The maximum absolute atomic E-state index is 11.4. The predicted octanol–water partition coefficient (Wildman–Crippen LogP) is 3.46. The third-order valence-corrected chi connectivity index (χ3v) is 3.80. The Hall–Kier alpha value is -3.08. The maximum Gasteiger partial charge on any atom is 0.344 e. The molecule has 0 spiro atoms. The molecule has 3 rings (SSSR count). The minimum absolute atomic E-state index is 0.0304. The molecule has 5 heteroatoms. The lowest BCUT2D eigenvalue weighted by atomic mass is 9.98. The van der Waals surface area contributed by atoms with Crippen molar-refractivity contribution in [3.05, 3.63) is 84.4 Å². The molecule has 1 heterocycles. The Balaban J connectivity index is 1.79. The van der Waals surface area contributed by atoms with Crippen LogP contribution in [0.15, 0.2) is 73.3 Å². The summed E-state index contributed by atoms with van der Waals surface area (Å²) in [5.41, 5.74) is 2.27. The van der Waals surface area contributed by atoms with E-state index in [4.69, 9.17) is 9.47 Å². The molecule has 0 aliphatic heterocycles. The second kappa shape index (κ2) is 8.15. The summed E-state index contributed by atoms with van der Waals surface area (Å²) >= 11 is 0. The van der Waals surface area contributed by atoms with E-state index in [-0.39, 0.29) is 18.6 Å². The number of hydrogen-bond acceptors (Lipinski definition) is 4. The number of esters is 1. The monoisotopic (exact) mass is 336 g/mol. The zero-order valence-electron chi connectivity index (χ0n) is 14.0. The van der Waals surface area contributed by atoms with Crippen LogP contribution in [-0.4, -0.2) is 28.7 Å². The lowest BCUT2D eigenvalue weighted by Crippen LogP contribution is -2.14. The third-order valence-electron chi connectivity index (χ3n) is 3.80. The lowest BCUT2D eigenvalue weighted by Gasteiger charge is -2.20. The SMILES string of the molecule is CCOC(=O)COc1ccc(C(c2ccccc2)n2ccnc2)cc1. The van der Waals surface area contributed by atoms with Crippen LogP contribution in [0.3, 0.4) is 0 Å². The molecular weight excluding hydrogens is 316 g/mol. The van der Waals surface area contributed by atoms with Gasteiger partial charge in [0.2, 0.25) is 0 Å². The van der Waals surface area contributed by atoms with Crippen LogP contribution in [0.5, 0.6) is 5.75 Å². The molecule has 0 saturated carbocycles. The zero-order chi connectivity index (χ0) is 17.5. The molecule has 1 aromatic heterocycles.